The third-order valence-electron chi connectivity index (χ3n) is 6.78. The highest BCUT2D eigenvalue weighted by Crippen LogP contribution is 2.29. The summed E-state index contributed by atoms with van der Waals surface area (Å²) >= 11 is 0. The van der Waals surface area contributed by atoms with Gasteiger partial charge in [0, 0.05) is 13.1 Å². The van der Waals surface area contributed by atoms with Gasteiger partial charge in [-0.2, -0.15) is 0 Å². The monoisotopic (exact) mass is 549 g/mol. The van der Waals surface area contributed by atoms with E-state index >= 15 is 0 Å². The van der Waals surface area contributed by atoms with Crippen LogP contribution in [0.3, 0.4) is 0 Å². The molecular weight excluding hydrogens is 510 g/mol. The van der Waals surface area contributed by atoms with Gasteiger partial charge in [0.1, 0.15) is 12.6 Å². The molecule has 1 atom stereocenters. The number of anilines is 1. The Morgan fingerprint density at radius 1 is 0.846 bits per heavy atom. The lowest BCUT2D eigenvalue weighted by atomic mass is 10.1. The quantitative estimate of drug-likeness (QED) is 0.365. The van der Waals surface area contributed by atoms with Crippen molar-refractivity contribution in [1.82, 2.24) is 10.2 Å². The molecule has 0 unspecified atom stereocenters. The molecule has 3 aromatic carbocycles. The third kappa shape index (κ3) is 7.47. The number of nitrogens with one attached hydrogen (secondary N) is 1. The Balaban J connectivity index is 2.04. The van der Waals surface area contributed by atoms with Crippen molar-refractivity contribution >= 4 is 27.5 Å². The molecule has 2 amide bonds. The molecule has 0 saturated heterocycles. The van der Waals surface area contributed by atoms with E-state index in [-0.39, 0.29) is 23.3 Å². The largest absolute Gasteiger partial charge is 0.354 e. The van der Waals surface area contributed by atoms with Crippen LogP contribution < -0.4 is 9.62 Å². The molecule has 0 aromatic heterocycles. The fraction of sp³-hybridized carbons (Fsp3) is 0.355. The maximum atomic E-state index is 14.0. The van der Waals surface area contributed by atoms with Gasteiger partial charge in [-0.15, -0.1) is 0 Å². The molecule has 208 valence electrons. The fourth-order valence-electron chi connectivity index (χ4n) is 4.16. The lowest BCUT2D eigenvalue weighted by Gasteiger charge is -2.32. The molecule has 0 fully saturated rings. The van der Waals surface area contributed by atoms with Gasteiger partial charge in [-0.3, -0.25) is 13.9 Å². The second-order valence-electron chi connectivity index (χ2n) is 10.4. The first-order valence-electron chi connectivity index (χ1n) is 13.2. The molecule has 39 heavy (non-hydrogen) atoms. The van der Waals surface area contributed by atoms with Gasteiger partial charge in [-0.25, -0.2) is 8.42 Å². The van der Waals surface area contributed by atoms with Crippen LogP contribution in [0.15, 0.2) is 77.7 Å². The minimum Gasteiger partial charge on any atom is -0.354 e. The fourth-order valence-corrected chi connectivity index (χ4v) is 5.66. The molecule has 0 bridgehead atoms. The summed E-state index contributed by atoms with van der Waals surface area (Å²) in [4.78, 5) is 28.6. The summed E-state index contributed by atoms with van der Waals surface area (Å²) in [6.07, 6.45) is 0. The summed E-state index contributed by atoms with van der Waals surface area (Å²) in [5, 5.41) is 2.91. The SMILES string of the molecule is Cc1ccc(CN(C(=O)CN(c2cccc(C)c2C)S(=O)(=O)c2ccccc2)[C@H](C)C(=O)NCC(C)C)cc1. The average Bonchev–Trinajstić information content (AvgIpc) is 2.91. The Morgan fingerprint density at radius 3 is 2.10 bits per heavy atom. The zero-order chi connectivity index (χ0) is 28.7. The highest BCUT2D eigenvalue weighted by Gasteiger charge is 2.33. The summed E-state index contributed by atoms with van der Waals surface area (Å²) in [5.41, 5.74) is 4.03. The minimum atomic E-state index is -4.08. The first-order chi connectivity index (χ1) is 18.4. The second kappa shape index (κ2) is 12.9. The molecule has 7 nitrogen and oxygen atoms in total. The van der Waals surface area contributed by atoms with E-state index in [1.165, 1.54) is 17.0 Å². The summed E-state index contributed by atoms with van der Waals surface area (Å²) in [6.45, 7) is 11.6. The number of carbonyl (C=O) groups excluding carboxylic acids is 2. The van der Waals surface area contributed by atoms with Gasteiger partial charge in [0.15, 0.2) is 0 Å². The number of carbonyl (C=O) groups is 2. The van der Waals surface area contributed by atoms with Crippen molar-refractivity contribution < 1.29 is 18.0 Å². The molecule has 3 aromatic rings. The standard InChI is InChI=1S/C31H39N3O4S/c1-22(2)19-32-31(36)26(6)33(20-27-17-15-23(3)16-18-27)30(35)21-34(29-14-10-11-24(4)25(29)5)39(37,38)28-12-8-7-9-13-28/h7-18,22,26H,19-21H2,1-6H3,(H,32,36)/t26-/m1/s1. The Kier molecular flexibility index (Phi) is 9.92. The van der Waals surface area contributed by atoms with E-state index in [9.17, 15) is 18.0 Å². The van der Waals surface area contributed by atoms with E-state index in [2.05, 4.69) is 5.32 Å². The lowest BCUT2D eigenvalue weighted by molar-refractivity contribution is -0.139. The number of nitrogens with zero attached hydrogens (tertiary/aromatic N) is 2. The Hall–Kier alpha value is -3.65. The number of amides is 2. The van der Waals surface area contributed by atoms with Crippen LogP contribution in [0.2, 0.25) is 0 Å². The minimum absolute atomic E-state index is 0.0894. The van der Waals surface area contributed by atoms with Crippen molar-refractivity contribution in [3.63, 3.8) is 0 Å². The van der Waals surface area contributed by atoms with Gasteiger partial charge in [0.05, 0.1) is 10.6 Å². The maximum Gasteiger partial charge on any atom is 0.264 e. The van der Waals surface area contributed by atoms with Crippen LogP contribution in [0.1, 0.15) is 43.0 Å². The van der Waals surface area contributed by atoms with Crippen molar-refractivity contribution in [2.75, 3.05) is 17.4 Å². The Labute approximate surface area is 232 Å². The number of rotatable bonds is 11. The smallest absolute Gasteiger partial charge is 0.264 e. The molecule has 0 spiro atoms. The molecule has 0 radical (unpaired) electrons. The van der Waals surface area contributed by atoms with Gasteiger partial charge in [-0.05, 0) is 68.5 Å². The summed E-state index contributed by atoms with van der Waals surface area (Å²) in [7, 11) is -4.08. The molecule has 1 N–H and O–H groups in total. The summed E-state index contributed by atoms with van der Waals surface area (Å²) in [5.74, 6) is -0.505. The van der Waals surface area contributed by atoms with Crippen molar-refractivity contribution in [2.24, 2.45) is 5.92 Å². The predicted molar refractivity (Wildman–Crippen MR) is 156 cm³/mol. The highest BCUT2D eigenvalue weighted by molar-refractivity contribution is 7.92. The summed E-state index contributed by atoms with van der Waals surface area (Å²) in [6, 6.07) is 20.4. The van der Waals surface area contributed by atoms with Crippen LogP contribution >= 0.6 is 0 Å². The van der Waals surface area contributed by atoms with Gasteiger partial charge >= 0.3 is 0 Å². The maximum absolute atomic E-state index is 14.0. The van der Waals surface area contributed by atoms with Gasteiger partial charge in [0.2, 0.25) is 11.8 Å². The average molecular weight is 550 g/mol. The molecule has 0 aliphatic carbocycles. The van der Waals surface area contributed by atoms with E-state index in [0.29, 0.717) is 12.2 Å². The normalized spacial score (nSPS) is 12.2. The number of sulfonamides is 1. The number of hydrogen-bond donors (Lipinski definition) is 1. The van der Waals surface area contributed by atoms with Crippen molar-refractivity contribution in [1.29, 1.82) is 0 Å². The van der Waals surface area contributed by atoms with Crippen LogP contribution in [-0.2, 0) is 26.2 Å². The van der Waals surface area contributed by atoms with Crippen molar-refractivity contribution in [3.8, 4) is 0 Å². The highest BCUT2D eigenvalue weighted by atomic mass is 32.2. The Morgan fingerprint density at radius 2 is 1.49 bits per heavy atom. The van der Waals surface area contributed by atoms with Gasteiger partial charge in [0.25, 0.3) is 10.0 Å². The molecule has 0 saturated carbocycles. The van der Waals surface area contributed by atoms with Crippen LogP contribution in [0, 0.1) is 26.7 Å². The van der Waals surface area contributed by atoms with Crippen LogP contribution in [-0.4, -0.2) is 44.3 Å². The van der Waals surface area contributed by atoms with Gasteiger partial charge < -0.3 is 10.2 Å². The van der Waals surface area contributed by atoms with E-state index < -0.39 is 28.5 Å². The first-order valence-corrected chi connectivity index (χ1v) is 14.6. The molecule has 8 heteroatoms. The van der Waals surface area contributed by atoms with Crippen molar-refractivity contribution in [2.45, 2.75) is 59.0 Å². The number of aryl methyl sites for hydroxylation is 2. The molecular formula is C31H39N3O4S. The Bertz CT molecular complexity index is 1390. The third-order valence-corrected chi connectivity index (χ3v) is 8.55. The zero-order valence-corrected chi connectivity index (χ0v) is 24.5. The van der Waals surface area contributed by atoms with E-state index in [1.54, 1.807) is 37.3 Å². The molecule has 0 heterocycles. The van der Waals surface area contributed by atoms with Gasteiger partial charge in [-0.1, -0.05) is 74.0 Å². The zero-order valence-electron chi connectivity index (χ0n) is 23.6. The topological polar surface area (TPSA) is 86.8 Å². The van der Waals surface area contributed by atoms with Crippen molar-refractivity contribution in [3.05, 3.63) is 95.1 Å². The van der Waals surface area contributed by atoms with E-state index in [4.69, 9.17) is 0 Å². The summed E-state index contributed by atoms with van der Waals surface area (Å²) < 4.78 is 29.0. The van der Waals surface area contributed by atoms with Crippen LogP contribution in [0.5, 0.6) is 0 Å². The number of benzene rings is 3. The number of hydrogen-bond acceptors (Lipinski definition) is 4. The molecule has 0 aliphatic heterocycles. The predicted octanol–water partition coefficient (Wildman–Crippen LogP) is 5.00. The lowest BCUT2D eigenvalue weighted by Crippen LogP contribution is -2.51. The molecule has 3 rings (SSSR count). The van der Waals surface area contributed by atoms with E-state index in [1.807, 2.05) is 65.0 Å². The van der Waals surface area contributed by atoms with Crippen LogP contribution in [0.25, 0.3) is 0 Å². The molecule has 0 aliphatic rings. The van der Waals surface area contributed by atoms with E-state index in [0.717, 1.165) is 26.6 Å². The van der Waals surface area contributed by atoms with Crippen LogP contribution in [0.4, 0.5) is 5.69 Å². The second-order valence-corrected chi connectivity index (χ2v) is 12.2. The first kappa shape index (κ1) is 29.9.